The molecule has 0 atom stereocenters. The maximum atomic E-state index is 12.6. The minimum absolute atomic E-state index is 0.0109. The molecule has 0 aliphatic carbocycles. The van der Waals surface area contributed by atoms with Gasteiger partial charge in [0, 0.05) is 19.7 Å². The van der Waals surface area contributed by atoms with Crippen molar-refractivity contribution in [3.05, 3.63) is 48.5 Å². The van der Waals surface area contributed by atoms with E-state index in [1.807, 2.05) is 0 Å². The fourth-order valence-corrected chi connectivity index (χ4v) is 3.47. The molecule has 0 saturated heterocycles. The Morgan fingerprint density at radius 3 is 2.28 bits per heavy atom. The van der Waals surface area contributed by atoms with Crippen LogP contribution in [-0.2, 0) is 19.6 Å². The molecule has 0 aromatic heterocycles. The molecule has 0 radical (unpaired) electrons. The molecule has 2 aromatic carbocycles. The Hall–Kier alpha value is -3.05. The Morgan fingerprint density at radius 1 is 1.07 bits per heavy atom. The quantitative estimate of drug-likeness (QED) is 0.674. The summed E-state index contributed by atoms with van der Waals surface area (Å²) in [5.41, 5.74) is 0.413. The molecule has 2 amide bonds. The number of nitrogens with one attached hydrogen (secondary N) is 2. The van der Waals surface area contributed by atoms with Crippen molar-refractivity contribution in [2.45, 2.75) is 18.4 Å². The molecule has 11 heteroatoms. The van der Waals surface area contributed by atoms with Gasteiger partial charge < -0.3 is 15.4 Å². The summed E-state index contributed by atoms with van der Waals surface area (Å²) in [6, 6.07) is 11.0. The van der Waals surface area contributed by atoms with E-state index < -0.39 is 29.1 Å². The van der Waals surface area contributed by atoms with E-state index in [0.29, 0.717) is 5.69 Å². The summed E-state index contributed by atoms with van der Waals surface area (Å²) in [5.74, 6) is -1.28. The predicted octanol–water partition coefficient (Wildman–Crippen LogP) is 2.51. The number of rotatable bonds is 8. The van der Waals surface area contributed by atoms with Gasteiger partial charge in [0.15, 0.2) is 0 Å². The lowest BCUT2D eigenvalue weighted by Crippen LogP contribution is -2.35. The normalized spacial score (nSPS) is 11.4. The molecule has 0 aliphatic rings. The average molecular weight is 427 g/mol. The second-order valence-corrected chi connectivity index (χ2v) is 7.93. The SMILES string of the molecule is CC(=O)Nc1ccc(S(=O)(=O)N(C)CC(=O)Nc2ccccc2OC(F)F)cc1. The first-order valence-electron chi connectivity index (χ1n) is 8.27. The molecule has 156 valence electrons. The van der Waals surface area contributed by atoms with Gasteiger partial charge in [-0.25, -0.2) is 8.42 Å². The molecule has 8 nitrogen and oxygen atoms in total. The topological polar surface area (TPSA) is 105 Å². The minimum atomic E-state index is -3.99. The van der Waals surface area contributed by atoms with Crippen molar-refractivity contribution in [1.29, 1.82) is 0 Å². The van der Waals surface area contributed by atoms with Crippen LogP contribution in [0, 0.1) is 0 Å². The van der Waals surface area contributed by atoms with Crippen molar-refractivity contribution in [1.82, 2.24) is 4.31 Å². The standard InChI is InChI=1S/C18H19F2N3O5S/c1-12(24)21-13-7-9-14(10-8-13)29(26,27)23(2)11-17(25)22-15-5-3-4-6-16(15)28-18(19)20/h3-10,18H,11H2,1-2H3,(H,21,24)(H,22,25). The maximum absolute atomic E-state index is 12.6. The maximum Gasteiger partial charge on any atom is 0.387 e. The van der Waals surface area contributed by atoms with Crippen molar-refractivity contribution >= 4 is 33.2 Å². The zero-order valence-electron chi connectivity index (χ0n) is 15.6. The van der Waals surface area contributed by atoms with Crippen LogP contribution in [0.1, 0.15) is 6.92 Å². The predicted molar refractivity (Wildman–Crippen MR) is 102 cm³/mol. The molecule has 0 bridgehead atoms. The Morgan fingerprint density at radius 2 is 1.69 bits per heavy atom. The van der Waals surface area contributed by atoms with Crippen molar-refractivity contribution in [3.8, 4) is 5.75 Å². The molecule has 2 aromatic rings. The lowest BCUT2D eigenvalue weighted by molar-refractivity contribution is -0.116. The largest absolute Gasteiger partial charge is 0.433 e. The number of para-hydroxylation sites is 2. The van der Waals surface area contributed by atoms with Gasteiger partial charge in [0.2, 0.25) is 21.8 Å². The molecule has 0 saturated carbocycles. The van der Waals surface area contributed by atoms with Gasteiger partial charge >= 0.3 is 6.61 Å². The number of hydrogen-bond acceptors (Lipinski definition) is 5. The van der Waals surface area contributed by atoms with Crippen LogP contribution in [0.3, 0.4) is 0 Å². The summed E-state index contributed by atoms with van der Waals surface area (Å²) in [6.07, 6.45) is 0. The van der Waals surface area contributed by atoms with Crippen LogP contribution in [0.2, 0.25) is 0 Å². The fourth-order valence-electron chi connectivity index (χ4n) is 2.34. The molecule has 0 aliphatic heterocycles. The zero-order valence-corrected chi connectivity index (χ0v) is 16.4. The Kier molecular flexibility index (Phi) is 7.23. The van der Waals surface area contributed by atoms with Gasteiger partial charge in [-0.2, -0.15) is 13.1 Å². The van der Waals surface area contributed by atoms with Crippen LogP contribution in [0.5, 0.6) is 5.75 Å². The second kappa shape index (κ2) is 9.43. The van der Waals surface area contributed by atoms with E-state index in [1.165, 1.54) is 62.5 Å². The van der Waals surface area contributed by atoms with E-state index in [0.717, 1.165) is 4.31 Å². The van der Waals surface area contributed by atoms with Gasteiger partial charge in [-0.1, -0.05) is 12.1 Å². The van der Waals surface area contributed by atoms with E-state index >= 15 is 0 Å². The number of anilines is 2. The van der Waals surface area contributed by atoms with Crippen LogP contribution in [0.4, 0.5) is 20.2 Å². The molecule has 29 heavy (non-hydrogen) atoms. The lowest BCUT2D eigenvalue weighted by atomic mass is 10.3. The van der Waals surface area contributed by atoms with Crippen molar-refractivity contribution in [3.63, 3.8) is 0 Å². The number of benzene rings is 2. The highest BCUT2D eigenvalue weighted by Crippen LogP contribution is 2.25. The fraction of sp³-hybridized carbons (Fsp3) is 0.222. The number of hydrogen-bond donors (Lipinski definition) is 2. The van der Waals surface area contributed by atoms with Gasteiger partial charge in [-0.3, -0.25) is 9.59 Å². The Labute approximate surface area is 166 Å². The molecule has 0 spiro atoms. The molecule has 2 rings (SSSR count). The number of carbonyl (C=O) groups is 2. The zero-order chi connectivity index (χ0) is 21.6. The van der Waals surface area contributed by atoms with E-state index in [9.17, 15) is 26.8 Å². The summed E-state index contributed by atoms with van der Waals surface area (Å²) in [4.78, 5) is 23.2. The van der Waals surface area contributed by atoms with Crippen LogP contribution in [0.15, 0.2) is 53.4 Å². The number of halogens is 2. The third kappa shape index (κ3) is 6.22. The van der Waals surface area contributed by atoms with Crippen molar-refractivity contribution in [2.75, 3.05) is 24.2 Å². The number of sulfonamides is 1. The first-order chi connectivity index (χ1) is 13.6. The molecule has 2 N–H and O–H groups in total. The minimum Gasteiger partial charge on any atom is -0.433 e. The van der Waals surface area contributed by atoms with Crippen LogP contribution < -0.4 is 15.4 Å². The molecular weight excluding hydrogens is 408 g/mol. The van der Waals surface area contributed by atoms with Crippen LogP contribution in [0.25, 0.3) is 0 Å². The number of nitrogens with zero attached hydrogens (tertiary/aromatic N) is 1. The molecule has 0 unspecified atom stereocenters. The summed E-state index contributed by atoms with van der Waals surface area (Å²) in [5, 5.41) is 4.86. The lowest BCUT2D eigenvalue weighted by Gasteiger charge is -2.18. The van der Waals surface area contributed by atoms with Crippen molar-refractivity contribution < 1.29 is 31.5 Å². The summed E-state index contributed by atoms with van der Waals surface area (Å²) in [6.45, 7) is -2.31. The molecular formula is C18H19F2N3O5S. The first kappa shape index (κ1) is 22.2. The third-order valence-corrected chi connectivity index (χ3v) is 5.44. The highest BCUT2D eigenvalue weighted by atomic mass is 32.2. The van der Waals surface area contributed by atoms with Gasteiger partial charge in [0.25, 0.3) is 0 Å². The summed E-state index contributed by atoms with van der Waals surface area (Å²) < 4.78 is 55.2. The smallest absolute Gasteiger partial charge is 0.387 e. The summed E-state index contributed by atoms with van der Waals surface area (Å²) >= 11 is 0. The summed E-state index contributed by atoms with van der Waals surface area (Å²) in [7, 11) is -2.79. The van der Waals surface area contributed by atoms with Crippen LogP contribution in [-0.4, -0.2) is 44.7 Å². The second-order valence-electron chi connectivity index (χ2n) is 5.89. The highest BCUT2D eigenvalue weighted by molar-refractivity contribution is 7.89. The van der Waals surface area contributed by atoms with E-state index in [1.54, 1.807) is 0 Å². The number of ether oxygens (including phenoxy) is 1. The van der Waals surface area contributed by atoms with Gasteiger partial charge in [0.05, 0.1) is 17.1 Å². The highest BCUT2D eigenvalue weighted by Gasteiger charge is 2.23. The number of alkyl halides is 2. The Balaban J connectivity index is 2.08. The van der Waals surface area contributed by atoms with Gasteiger partial charge in [-0.15, -0.1) is 0 Å². The number of likely N-dealkylation sites (N-methyl/N-ethyl adjacent to an activating group) is 1. The first-order valence-corrected chi connectivity index (χ1v) is 9.71. The Bertz CT molecular complexity index is 981. The van der Waals surface area contributed by atoms with E-state index in [4.69, 9.17) is 0 Å². The third-order valence-electron chi connectivity index (χ3n) is 3.63. The van der Waals surface area contributed by atoms with Crippen LogP contribution >= 0.6 is 0 Å². The number of amides is 2. The molecule has 0 fully saturated rings. The average Bonchev–Trinajstić information content (AvgIpc) is 2.62. The van der Waals surface area contributed by atoms with Gasteiger partial charge in [0.1, 0.15) is 5.75 Å². The number of carbonyl (C=O) groups excluding carboxylic acids is 2. The van der Waals surface area contributed by atoms with Crippen molar-refractivity contribution in [2.24, 2.45) is 0 Å². The monoisotopic (exact) mass is 427 g/mol. The van der Waals surface area contributed by atoms with E-state index in [2.05, 4.69) is 15.4 Å². The molecule has 0 heterocycles. The van der Waals surface area contributed by atoms with Gasteiger partial charge in [-0.05, 0) is 36.4 Å². The van der Waals surface area contributed by atoms with E-state index in [-0.39, 0.29) is 22.2 Å².